The molecule has 0 saturated heterocycles. The highest BCUT2D eigenvalue weighted by molar-refractivity contribution is 6.29. The molecule has 0 bridgehead atoms. The second-order valence-corrected chi connectivity index (χ2v) is 4.06. The van der Waals surface area contributed by atoms with E-state index in [1.54, 1.807) is 19.1 Å². The molecule has 0 radical (unpaired) electrons. The van der Waals surface area contributed by atoms with Gasteiger partial charge >= 0.3 is 0 Å². The molecule has 0 saturated carbocycles. The summed E-state index contributed by atoms with van der Waals surface area (Å²) < 4.78 is 14.2. The van der Waals surface area contributed by atoms with Crippen molar-refractivity contribution >= 4 is 11.6 Å². The minimum atomic E-state index is -0.299. The molecule has 0 aliphatic carbocycles. The van der Waals surface area contributed by atoms with Crippen LogP contribution in [-0.2, 0) is 6.54 Å². The van der Waals surface area contributed by atoms with Gasteiger partial charge in [-0.15, -0.1) is 0 Å². The van der Waals surface area contributed by atoms with Crippen LogP contribution in [0, 0.1) is 12.7 Å². The first-order valence-corrected chi connectivity index (χ1v) is 5.42. The summed E-state index contributed by atoms with van der Waals surface area (Å²) in [4.78, 5) is 15.7. The summed E-state index contributed by atoms with van der Waals surface area (Å²) >= 11 is 5.67. The third-order valence-corrected chi connectivity index (χ3v) is 2.62. The van der Waals surface area contributed by atoms with Crippen molar-refractivity contribution in [2.24, 2.45) is 0 Å². The highest BCUT2D eigenvalue weighted by Crippen LogP contribution is 2.06. The lowest BCUT2D eigenvalue weighted by Gasteiger charge is -2.08. The second-order valence-electron chi connectivity index (χ2n) is 3.68. The van der Waals surface area contributed by atoms with Gasteiger partial charge in [0.15, 0.2) is 0 Å². The number of hydrogen-bond acceptors (Lipinski definition) is 2. The van der Waals surface area contributed by atoms with Gasteiger partial charge in [0.2, 0.25) is 0 Å². The van der Waals surface area contributed by atoms with Gasteiger partial charge in [0.1, 0.15) is 16.8 Å². The summed E-state index contributed by atoms with van der Waals surface area (Å²) in [6.07, 6.45) is 0. The van der Waals surface area contributed by atoms with Crippen LogP contribution in [0.4, 0.5) is 4.39 Å². The van der Waals surface area contributed by atoms with Crippen molar-refractivity contribution in [2.75, 3.05) is 0 Å². The van der Waals surface area contributed by atoms with Crippen molar-refractivity contribution in [2.45, 2.75) is 13.5 Å². The number of rotatable bonds is 2. The summed E-state index contributed by atoms with van der Waals surface area (Å²) in [6, 6.07) is 7.25. The van der Waals surface area contributed by atoms with Gasteiger partial charge in [-0.2, -0.15) is 0 Å². The fraction of sp³-hybridized carbons (Fsp3) is 0.167. The van der Waals surface area contributed by atoms with Gasteiger partial charge in [-0.25, -0.2) is 9.37 Å². The number of nitrogens with zero attached hydrogens (tertiary/aromatic N) is 2. The van der Waals surface area contributed by atoms with Crippen molar-refractivity contribution in [3.8, 4) is 0 Å². The minimum absolute atomic E-state index is 0.183. The zero-order valence-electron chi connectivity index (χ0n) is 9.15. The Kier molecular flexibility index (Phi) is 3.24. The molecule has 0 aliphatic rings. The van der Waals surface area contributed by atoms with Crippen LogP contribution in [0.5, 0.6) is 0 Å². The molecule has 0 spiro atoms. The lowest BCUT2D eigenvalue weighted by Crippen LogP contribution is -2.23. The van der Waals surface area contributed by atoms with Crippen molar-refractivity contribution in [1.29, 1.82) is 0 Å². The van der Waals surface area contributed by atoms with Gasteiger partial charge in [-0.1, -0.05) is 23.7 Å². The molecular weight excluding hydrogens is 243 g/mol. The maximum absolute atomic E-state index is 12.7. The summed E-state index contributed by atoms with van der Waals surface area (Å²) in [5.74, 6) is 0.235. The fourth-order valence-corrected chi connectivity index (χ4v) is 1.77. The zero-order chi connectivity index (χ0) is 12.4. The molecule has 0 unspecified atom stereocenters. The molecule has 0 atom stereocenters. The van der Waals surface area contributed by atoms with E-state index in [-0.39, 0.29) is 16.5 Å². The molecule has 1 aromatic carbocycles. The van der Waals surface area contributed by atoms with E-state index in [9.17, 15) is 9.18 Å². The van der Waals surface area contributed by atoms with E-state index in [1.165, 1.54) is 22.8 Å². The van der Waals surface area contributed by atoms with Crippen LogP contribution in [0.25, 0.3) is 0 Å². The fourth-order valence-electron chi connectivity index (χ4n) is 1.55. The Morgan fingerprint density at radius 1 is 1.35 bits per heavy atom. The third kappa shape index (κ3) is 2.71. The van der Waals surface area contributed by atoms with E-state index >= 15 is 0 Å². The SMILES string of the molecule is Cc1nc(Cl)cc(=O)n1Cc1ccc(F)cc1. The number of hydrogen-bond donors (Lipinski definition) is 0. The van der Waals surface area contributed by atoms with Crippen LogP contribution in [0.2, 0.25) is 5.15 Å². The molecule has 5 heteroatoms. The van der Waals surface area contributed by atoms with Crippen molar-refractivity contribution in [1.82, 2.24) is 9.55 Å². The van der Waals surface area contributed by atoms with E-state index in [0.29, 0.717) is 12.4 Å². The van der Waals surface area contributed by atoms with Crippen LogP contribution in [0.1, 0.15) is 11.4 Å². The Morgan fingerprint density at radius 2 is 2.00 bits per heavy atom. The van der Waals surface area contributed by atoms with Gasteiger partial charge in [-0.05, 0) is 24.6 Å². The summed E-state index contributed by atoms with van der Waals surface area (Å²) in [7, 11) is 0. The summed E-state index contributed by atoms with van der Waals surface area (Å²) in [5, 5.41) is 0.183. The van der Waals surface area contributed by atoms with Crippen molar-refractivity contribution in [3.63, 3.8) is 0 Å². The molecule has 1 aromatic heterocycles. The van der Waals surface area contributed by atoms with Gasteiger partial charge in [0.05, 0.1) is 6.54 Å². The maximum atomic E-state index is 12.7. The molecule has 0 amide bonds. The van der Waals surface area contributed by atoms with E-state index in [2.05, 4.69) is 4.98 Å². The lowest BCUT2D eigenvalue weighted by atomic mass is 10.2. The quantitative estimate of drug-likeness (QED) is 0.770. The highest BCUT2D eigenvalue weighted by atomic mass is 35.5. The topological polar surface area (TPSA) is 34.9 Å². The van der Waals surface area contributed by atoms with Crippen LogP contribution in [0.15, 0.2) is 35.1 Å². The number of aromatic nitrogens is 2. The van der Waals surface area contributed by atoms with Gasteiger partial charge in [0.25, 0.3) is 5.56 Å². The molecule has 0 N–H and O–H groups in total. The third-order valence-electron chi connectivity index (χ3n) is 2.42. The number of aryl methyl sites for hydroxylation is 1. The Labute approximate surface area is 102 Å². The first kappa shape index (κ1) is 11.8. The molecule has 88 valence electrons. The number of benzene rings is 1. The van der Waals surface area contributed by atoms with E-state index in [0.717, 1.165) is 5.56 Å². The normalized spacial score (nSPS) is 10.5. The van der Waals surface area contributed by atoms with Crippen LogP contribution < -0.4 is 5.56 Å². The van der Waals surface area contributed by atoms with E-state index in [4.69, 9.17) is 11.6 Å². The van der Waals surface area contributed by atoms with E-state index < -0.39 is 0 Å². The maximum Gasteiger partial charge on any atom is 0.255 e. The second kappa shape index (κ2) is 4.67. The van der Waals surface area contributed by atoms with Crippen molar-refractivity contribution < 1.29 is 4.39 Å². The molecule has 17 heavy (non-hydrogen) atoms. The predicted octanol–water partition coefficient (Wildman–Crippen LogP) is 2.39. The van der Waals surface area contributed by atoms with Crippen LogP contribution in [-0.4, -0.2) is 9.55 Å². The predicted molar refractivity (Wildman–Crippen MR) is 63.7 cm³/mol. The first-order chi connectivity index (χ1) is 8.06. The summed E-state index contributed by atoms with van der Waals surface area (Å²) in [5.41, 5.74) is 0.618. The molecule has 2 aromatic rings. The van der Waals surface area contributed by atoms with E-state index in [1.807, 2.05) is 0 Å². The largest absolute Gasteiger partial charge is 0.292 e. The molecule has 2 rings (SSSR count). The molecule has 1 heterocycles. The minimum Gasteiger partial charge on any atom is -0.292 e. The van der Waals surface area contributed by atoms with Crippen molar-refractivity contribution in [3.05, 3.63) is 63.0 Å². The summed E-state index contributed by atoms with van der Waals surface area (Å²) in [6.45, 7) is 2.06. The lowest BCUT2D eigenvalue weighted by molar-refractivity contribution is 0.625. The molecular formula is C12H10ClFN2O. The number of halogens is 2. The molecule has 3 nitrogen and oxygen atoms in total. The van der Waals surface area contributed by atoms with Crippen LogP contribution in [0.3, 0.4) is 0 Å². The average molecular weight is 253 g/mol. The Morgan fingerprint density at radius 3 is 2.59 bits per heavy atom. The standard InChI is InChI=1S/C12H10ClFN2O/c1-8-15-11(13)6-12(17)16(8)7-9-2-4-10(14)5-3-9/h2-6H,7H2,1H3. The zero-order valence-corrected chi connectivity index (χ0v) is 9.91. The average Bonchev–Trinajstić information content (AvgIpc) is 2.26. The van der Waals surface area contributed by atoms with Gasteiger partial charge in [0, 0.05) is 6.07 Å². The van der Waals surface area contributed by atoms with Gasteiger partial charge in [-0.3, -0.25) is 9.36 Å². The Bertz CT molecular complexity index is 592. The molecule has 0 fully saturated rings. The Balaban J connectivity index is 2.36. The first-order valence-electron chi connectivity index (χ1n) is 5.05. The van der Waals surface area contributed by atoms with Crippen LogP contribution >= 0.6 is 11.6 Å². The smallest absolute Gasteiger partial charge is 0.255 e. The molecule has 0 aliphatic heterocycles. The van der Waals surface area contributed by atoms with Gasteiger partial charge < -0.3 is 0 Å². The highest BCUT2D eigenvalue weighted by Gasteiger charge is 2.04. The monoisotopic (exact) mass is 252 g/mol. The Hall–Kier alpha value is -1.68.